The van der Waals surface area contributed by atoms with Gasteiger partial charge in [0.25, 0.3) is 10.0 Å². The highest BCUT2D eigenvalue weighted by Crippen LogP contribution is 2.29. The standard InChI is InChI=1S/C11H18N2O3S/c1-8-5-9(2)13(7-8)17(14,15)11-4-3-10(6-12)16-11/h3-4,8-9H,5-7,12H2,1-2H3. The zero-order valence-corrected chi connectivity index (χ0v) is 10.9. The third-order valence-electron chi connectivity index (χ3n) is 3.13. The van der Waals surface area contributed by atoms with Crippen LogP contribution in [-0.4, -0.2) is 25.3 Å². The van der Waals surface area contributed by atoms with Gasteiger partial charge in [-0.3, -0.25) is 0 Å². The van der Waals surface area contributed by atoms with Gasteiger partial charge in [0.15, 0.2) is 0 Å². The van der Waals surface area contributed by atoms with Crippen LogP contribution in [0.4, 0.5) is 0 Å². The number of furan rings is 1. The first-order valence-electron chi connectivity index (χ1n) is 5.75. The number of hydrogen-bond acceptors (Lipinski definition) is 4. The van der Waals surface area contributed by atoms with E-state index in [2.05, 4.69) is 6.92 Å². The van der Waals surface area contributed by atoms with Crippen molar-refractivity contribution in [3.05, 3.63) is 17.9 Å². The van der Waals surface area contributed by atoms with Crippen LogP contribution in [0, 0.1) is 5.92 Å². The van der Waals surface area contributed by atoms with Crippen molar-refractivity contribution < 1.29 is 12.8 Å². The van der Waals surface area contributed by atoms with Crippen molar-refractivity contribution in [2.24, 2.45) is 11.7 Å². The second-order valence-corrected chi connectivity index (χ2v) is 6.51. The summed E-state index contributed by atoms with van der Waals surface area (Å²) in [4.78, 5) is 0. The number of nitrogens with two attached hydrogens (primary N) is 1. The second-order valence-electron chi connectivity index (χ2n) is 4.69. The Labute approximate surface area is 102 Å². The molecule has 0 spiro atoms. The highest BCUT2D eigenvalue weighted by molar-refractivity contribution is 7.89. The molecule has 2 heterocycles. The van der Waals surface area contributed by atoms with Crippen LogP contribution in [0.2, 0.25) is 0 Å². The van der Waals surface area contributed by atoms with E-state index in [9.17, 15) is 8.42 Å². The second kappa shape index (κ2) is 4.44. The lowest BCUT2D eigenvalue weighted by Crippen LogP contribution is -2.33. The molecule has 0 amide bonds. The van der Waals surface area contributed by atoms with Gasteiger partial charge < -0.3 is 10.2 Å². The molecule has 1 aromatic rings. The normalized spacial score (nSPS) is 26.5. The van der Waals surface area contributed by atoms with Gasteiger partial charge in [-0.25, -0.2) is 8.42 Å². The zero-order valence-electron chi connectivity index (χ0n) is 10.1. The van der Waals surface area contributed by atoms with Crippen molar-refractivity contribution in [1.82, 2.24) is 4.31 Å². The van der Waals surface area contributed by atoms with E-state index >= 15 is 0 Å². The lowest BCUT2D eigenvalue weighted by Gasteiger charge is -2.19. The van der Waals surface area contributed by atoms with E-state index in [0.717, 1.165) is 6.42 Å². The molecule has 2 atom stereocenters. The van der Waals surface area contributed by atoms with Crippen LogP contribution in [0.1, 0.15) is 26.0 Å². The van der Waals surface area contributed by atoms with E-state index in [-0.39, 0.29) is 17.7 Å². The number of nitrogens with zero attached hydrogens (tertiary/aromatic N) is 1. The molecule has 1 fully saturated rings. The van der Waals surface area contributed by atoms with E-state index in [0.29, 0.717) is 18.2 Å². The highest BCUT2D eigenvalue weighted by atomic mass is 32.2. The quantitative estimate of drug-likeness (QED) is 0.882. The summed E-state index contributed by atoms with van der Waals surface area (Å²) in [6, 6.07) is 3.12. The Morgan fingerprint density at radius 3 is 2.65 bits per heavy atom. The summed E-state index contributed by atoms with van der Waals surface area (Å²) >= 11 is 0. The monoisotopic (exact) mass is 258 g/mol. The number of hydrogen-bond donors (Lipinski definition) is 1. The lowest BCUT2D eigenvalue weighted by molar-refractivity contribution is 0.363. The molecule has 5 nitrogen and oxygen atoms in total. The Morgan fingerprint density at radius 1 is 1.47 bits per heavy atom. The van der Waals surface area contributed by atoms with Crippen molar-refractivity contribution in [1.29, 1.82) is 0 Å². The summed E-state index contributed by atoms with van der Waals surface area (Å²) in [5.74, 6) is 0.882. The van der Waals surface area contributed by atoms with Gasteiger partial charge in [-0.1, -0.05) is 6.92 Å². The first kappa shape index (κ1) is 12.6. The molecule has 2 N–H and O–H groups in total. The van der Waals surface area contributed by atoms with Crippen molar-refractivity contribution in [2.45, 2.75) is 37.9 Å². The van der Waals surface area contributed by atoms with E-state index in [1.807, 2.05) is 6.92 Å². The Hall–Kier alpha value is -0.850. The van der Waals surface area contributed by atoms with Crippen molar-refractivity contribution in [3.63, 3.8) is 0 Å². The maximum Gasteiger partial charge on any atom is 0.276 e. The minimum Gasteiger partial charge on any atom is -0.447 e. The molecule has 0 radical (unpaired) electrons. The Bertz CT molecular complexity index is 495. The third-order valence-corrected chi connectivity index (χ3v) is 4.98. The van der Waals surface area contributed by atoms with Gasteiger partial charge in [0.1, 0.15) is 5.76 Å². The molecule has 0 bridgehead atoms. The smallest absolute Gasteiger partial charge is 0.276 e. The van der Waals surface area contributed by atoms with Crippen LogP contribution in [-0.2, 0) is 16.6 Å². The van der Waals surface area contributed by atoms with E-state index in [4.69, 9.17) is 10.2 Å². The summed E-state index contributed by atoms with van der Waals surface area (Å²) in [7, 11) is -3.50. The maximum atomic E-state index is 12.3. The minimum absolute atomic E-state index is 0.00102. The fourth-order valence-electron chi connectivity index (χ4n) is 2.32. The fraction of sp³-hybridized carbons (Fsp3) is 0.636. The Morgan fingerprint density at radius 2 is 2.18 bits per heavy atom. The fourth-order valence-corrected chi connectivity index (χ4v) is 4.01. The van der Waals surface area contributed by atoms with Crippen LogP contribution < -0.4 is 5.73 Å². The van der Waals surface area contributed by atoms with E-state index in [1.165, 1.54) is 10.4 Å². The maximum absolute atomic E-state index is 12.3. The van der Waals surface area contributed by atoms with Gasteiger partial charge in [0.2, 0.25) is 5.09 Å². The van der Waals surface area contributed by atoms with Crippen molar-refractivity contribution >= 4 is 10.0 Å². The molecule has 1 aromatic heterocycles. The molecule has 1 aliphatic rings. The van der Waals surface area contributed by atoms with Gasteiger partial charge in [-0.15, -0.1) is 0 Å². The molecular formula is C11H18N2O3S. The predicted octanol–water partition coefficient (Wildman–Crippen LogP) is 1.16. The highest BCUT2D eigenvalue weighted by Gasteiger charge is 2.37. The van der Waals surface area contributed by atoms with E-state index in [1.54, 1.807) is 6.07 Å². The summed E-state index contributed by atoms with van der Waals surface area (Å²) in [6.07, 6.45) is 0.893. The van der Waals surface area contributed by atoms with Crippen LogP contribution in [0.25, 0.3) is 0 Å². The molecule has 96 valence electrons. The van der Waals surface area contributed by atoms with E-state index < -0.39 is 10.0 Å². The van der Waals surface area contributed by atoms with Gasteiger partial charge >= 0.3 is 0 Å². The predicted molar refractivity (Wildman–Crippen MR) is 63.7 cm³/mol. The van der Waals surface area contributed by atoms with Crippen LogP contribution in [0.15, 0.2) is 21.6 Å². The summed E-state index contributed by atoms with van der Waals surface area (Å²) < 4.78 is 31.4. The molecule has 2 rings (SSSR count). The average molecular weight is 258 g/mol. The molecule has 2 unspecified atom stereocenters. The van der Waals surface area contributed by atoms with Crippen LogP contribution in [0.3, 0.4) is 0 Å². The van der Waals surface area contributed by atoms with Gasteiger partial charge in [-0.05, 0) is 31.4 Å². The molecule has 17 heavy (non-hydrogen) atoms. The molecule has 1 saturated heterocycles. The summed E-state index contributed by atoms with van der Waals surface area (Å²) in [5, 5.41) is -0.00102. The molecular weight excluding hydrogens is 240 g/mol. The molecule has 0 saturated carbocycles. The Kier molecular flexibility index (Phi) is 3.29. The Balaban J connectivity index is 2.30. The zero-order chi connectivity index (χ0) is 12.6. The third kappa shape index (κ3) is 2.25. The van der Waals surface area contributed by atoms with Gasteiger partial charge in [-0.2, -0.15) is 4.31 Å². The lowest BCUT2D eigenvalue weighted by atomic mass is 10.1. The summed E-state index contributed by atoms with van der Waals surface area (Å²) in [5.41, 5.74) is 5.41. The van der Waals surface area contributed by atoms with Crippen molar-refractivity contribution in [3.8, 4) is 0 Å². The minimum atomic E-state index is -3.50. The topological polar surface area (TPSA) is 76.5 Å². The SMILES string of the molecule is CC1CC(C)N(S(=O)(=O)c2ccc(CN)o2)C1. The number of sulfonamides is 1. The first-order valence-corrected chi connectivity index (χ1v) is 7.19. The molecule has 0 aromatic carbocycles. The first-order chi connectivity index (χ1) is 7.95. The molecule has 1 aliphatic heterocycles. The molecule has 6 heteroatoms. The number of rotatable bonds is 3. The average Bonchev–Trinajstić information content (AvgIpc) is 2.85. The van der Waals surface area contributed by atoms with Crippen molar-refractivity contribution in [2.75, 3.05) is 6.54 Å². The summed E-state index contributed by atoms with van der Waals surface area (Å²) in [6.45, 7) is 4.75. The van der Waals surface area contributed by atoms with Gasteiger partial charge in [0, 0.05) is 12.6 Å². The van der Waals surface area contributed by atoms with Crippen LogP contribution >= 0.6 is 0 Å². The van der Waals surface area contributed by atoms with Crippen LogP contribution in [0.5, 0.6) is 0 Å². The van der Waals surface area contributed by atoms with Gasteiger partial charge in [0.05, 0.1) is 6.54 Å². The molecule has 0 aliphatic carbocycles. The largest absolute Gasteiger partial charge is 0.447 e.